The number of hydrogen-bond donors (Lipinski definition) is 6. The maximum Gasteiger partial charge on any atom is 0.242 e. The lowest BCUT2D eigenvalue weighted by atomic mass is 10.0. The molecule has 4 rings (SSSR count). The lowest BCUT2D eigenvalue weighted by molar-refractivity contribution is -0.129. The van der Waals surface area contributed by atoms with Crippen molar-refractivity contribution < 1.29 is 19.8 Å². The van der Waals surface area contributed by atoms with Crippen molar-refractivity contribution in [1.29, 1.82) is 0 Å². The fourth-order valence-electron chi connectivity index (χ4n) is 4.19. The number of phenolic OH excluding ortho intramolecular Hbond substituents is 2. The second-order valence-corrected chi connectivity index (χ2v) is 8.56. The van der Waals surface area contributed by atoms with Gasteiger partial charge in [0.25, 0.3) is 0 Å². The van der Waals surface area contributed by atoms with Gasteiger partial charge in [-0.15, -0.1) is 0 Å². The van der Waals surface area contributed by atoms with Crippen molar-refractivity contribution in [3.05, 3.63) is 59.9 Å². The highest BCUT2D eigenvalue weighted by molar-refractivity contribution is 5.90. The summed E-state index contributed by atoms with van der Waals surface area (Å²) in [6.45, 7) is 2.40. The van der Waals surface area contributed by atoms with E-state index in [2.05, 4.69) is 20.6 Å². The van der Waals surface area contributed by atoms with Crippen LogP contribution in [-0.2, 0) is 22.4 Å². The molecule has 0 aliphatic carbocycles. The summed E-state index contributed by atoms with van der Waals surface area (Å²) < 4.78 is 0. The molecule has 178 valence electrons. The molecule has 0 aliphatic heterocycles. The van der Waals surface area contributed by atoms with Crippen LogP contribution in [0.25, 0.3) is 21.8 Å². The van der Waals surface area contributed by atoms with E-state index in [1.807, 2.05) is 19.2 Å². The standard InChI is InChI=1S/C26H30N4O4/c1-2-3-4-25(33)30-24(11-17-15-29-23-8-6-19(32)13-21(17)23)26(34)27-10-9-16-14-28-22-7-5-18(31)12-20(16)22/h5-8,12-15,24,28-29,31-32H,2-4,9-11H2,1H3,(H,27,34)(H,30,33). The molecule has 0 radical (unpaired) electrons. The summed E-state index contributed by atoms with van der Waals surface area (Å²) in [4.78, 5) is 31.8. The number of aromatic hydroxyl groups is 2. The summed E-state index contributed by atoms with van der Waals surface area (Å²) in [7, 11) is 0. The van der Waals surface area contributed by atoms with Crippen molar-refractivity contribution >= 4 is 33.6 Å². The SMILES string of the molecule is CCCCC(=O)NC(Cc1c[nH]c2ccc(O)cc12)C(=O)NCCc1c[nH]c2ccc(O)cc12. The number of fused-ring (bicyclic) bond motifs is 2. The van der Waals surface area contributed by atoms with Crippen LogP contribution < -0.4 is 10.6 Å². The van der Waals surface area contributed by atoms with E-state index in [1.165, 1.54) is 0 Å². The number of phenols is 2. The van der Waals surface area contributed by atoms with E-state index in [9.17, 15) is 19.8 Å². The molecule has 2 aromatic carbocycles. The maximum atomic E-state index is 13.1. The lowest BCUT2D eigenvalue weighted by Crippen LogP contribution is -2.48. The van der Waals surface area contributed by atoms with Crippen LogP contribution >= 0.6 is 0 Å². The third-order valence-electron chi connectivity index (χ3n) is 6.03. The number of nitrogens with one attached hydrogen (secondary N) is 4. The minimum atomic E-state index is -0.738. The number of unbranched alkanes of at least 4 members (excludes halogenated alkanes) is 1. The van der Waals surface area contributed by atoms with E-state index < -0.39 is 6.04 Å². The Morgan fingerprint density at radius 3 is 2.21 bits per heavy atom. The molecule has 2 heterocycles. The summed E-state index contributed by atoms with van der Waals surface area (Å²) in [5.74, 6) is -0.0815. The van der Waals surface area contributed by atoms with Crippen LogP contribution in [0.15, 0.2) is 48.8 Å². The van der Waals surface area contributed by atoms with Gasteiger partial charge in [-0.3, -0.25) is 9.59 Å². The number of carbonyl (C=O) groups is 2. The lowest BCUT2D eigenvalue weighted by Gasteiger charge is -2.18. The highest BCUT2D eigenvalue weighted by Crippen LogP contribution is 2.25. The molecule has 0 aliphatic rings. The van der Waals surface area contributed by atoms with Crippen LogP contribution in [-0.4, -0.2) is 44.6 Å². The molecule has 1 atom stereocenters. The molecule has 8 nitrogen and oxygen atoms in total. The summed E-state index contributed by atoms with van der Waals surface area (Å²) in [6, 6.07) is 9.44. The molecule has 0 bridgehead atoms. The average molecular weight is 463 g/mol. The highest BCUT2D eigenvalue weighted by atomic mass is 16.3. The van der Waals surface area contributed by atoms with Crippen molar-refractivity contribution in [3.63, 3.8) is 0 Å². The Balaban J connectivity index is 1.45. The van der Waals surface area contributed by atoms with Crippen molar-refractivity contribution in [1.82, 2.24) is 20.6 Å². The van der Waals surface area contributed by atoms with Gasteiger partial charge >= 0.3 is 0 Å². The Morgan fingerprint density at radius 2 is 1.56 bits per heavy atom. The molecule has 34 heavy (non-hydrogen) atoms. The number of benzene rings is 2. The fraction of sp³-hybridized carbons (Fsp3) is 0.308. The normalized spacial score (nSPS) is 12.1. The largest absolute Gasteiger partial charge is 0.508 e. The van der Waals surface area contributed by atoms with Gasteiger partial charge in [-0.25, -0.2) is 0 Å². The van der Waals surface area contributed by atoms with Crippen molar-refractivity contribution in [3.8, 4) is 11.5 Å². The van der Waals surface area contributed by atoms with Crippen LogP contribution in [0.4, 0.5) is 0 Å². The Bertz CT molecular complexity index is 1310. The van der Waals surface area contributed by atoms with E-state index in [0.717, 1.165) is 45.8 Å². The molecule has 2 aromatic heterocycles. The van der Waals surface area contributed by atoms with Crippen molar-refractivity contribution in [2.24, 2.45) is 0 Å². The minimum absolute atomic E-state index is 0.145. The summed E-state index contributed by atoms with van der Waals surface area (Å²) in [5.41, 5.74) is 3.60. The van der Waals surface area contributed by atoms with Gasteiger partial charge in [-0.1, -0.05) is 13.3 Å². The van der Waals surface area contributed by atoms with E-state index in [4.69, 9.17) is 0 Å². The first kappa shape index (κ1) is 23.2. The highest BCUT2D eigenvalue weighted by Gasteiger charge is 2.22. The zero-order chi connectivity index (χ0) is 24.1. The minimum Gasteiger partial charge on any atom is -0.508 e. The molecule has 1 unspecified atom stereocenters. The Labute approximate surface area is 197 Å². The smallest absolute Gasteiger partial charge is 0.242 e. The Hall–Kier alpha value is -3.94. The molecule has 0 fully saturated rings. The van der Waals surface area contributed by atoms with Gasteiger partial charge in [0.05, 0.1) is 0 Å². The molecular formula is C26H30N4O4. The molecule has 8 heteroatoms. The van der Waals surface area contributed by atoms with Gasteiger partial charge < -0.3 is 30.8 Å². The fourth-order valence-corrected chi connectivity index (χ4v) is 4.19. The molecular weight excluding hydrogens is 432 g/mol. The van der Waals surface area contributed by atoms with Gasteiger partial charge in [0.1, 0.15) is 17.5 Å². The van der Waals surface area contributed by atoms with Crippen LogP contribution in [0.1, 0.15) is 37.3 Å². The first-order chi connectivity index (χ1) is 16.4. The maximum absolute atomic E-state index is 13.1. The predicted octanol–water partition coefficient (Wildman–Crippen LogP) is 3.64. The average Bonchev–Trinajstić information content (AvgIpc) is 3.40. The number of aromatic nitrogens is 2. The number of rotatable bonds is 10. The number of aromatic amines is 2. The molecule has 0 saturated carbocycles. The topological polar surface area (TPSA) is 130 Å². The van der Waals surface area contributed by atoms with E-state index in [0.29, 0.717) is 25.8 Å². The van der Waals surface area contributed by atoms with E-state index in [1.54, 1.807) is 36.5 Å². The number of amides is 2. The van der Waals surface area contributed by atoms with Crippen LogP contribution in [0.5, 0.6) is 11.5 Å². The van der Waals surface area contributed by atoms with Crippen LogP contribution in [0, 0.1) is 0 Å². The number of hydrogen-bond acceptors (Lipinski definition) is 4. The molecule has 6 N–H and O–H groups in total. The Morgan fingerprint density at radius 1 is 0.941 bits per heavy atom. The quantitative estimate of drug-likeness (QED) is 0.215. The van der Waals surface area contributed by atoms with Crippen LogP contribution in [0.3, 0.4) is 0 Å². The molecule has 0 saturated heterocycles. The van der Waals surface area contributed by atoms with E-state index in [-0.39, 0.29) is 23.3 Å². The zero-order valence-electron chi connectivity index (χ0n) is 19.1. The zero-order valence-corrected chi connectivity index (χ0v) is 19.1. The van der Waals surface area contributed by atoms with E-state index >= 15 is 0 Å². The summed E-state index contributed by atoms with van der Waals surface area (Å²) >= 11 is 0. The van der Waals surface area contributed by atoms with Gasteiger partial charge in [0.15, 0.2) is 0 Å². The molecule has 0 spiro atoms. The second kappa shape index (κ2) is 10.3. The summed E-state index contributed by atoms with van der Waals surface area (Å²) in [5, 5.41) is 27.2. The number of carbonyl (C=O) groups excluding carboxylic acids is 2. The van der Waals surface area contributed by atoms with Gasteiger partial charge in [0.2, 0.25) is 11.8 Å². The van der Waals surface area contributed by atoms with Crippen LogP contribution in [0.2, 0.25) is 0 Å². The first-order valence-corrected chi connectivity index (χ1v) is 11.6. The third-order valence-corrected chi connectivity index (χ3v) is 6.03. The van der Waals surface area contributed by atoms with Gasteiger partial charge in [-0.2, -0.15) is 0 Å². The molecule has 4 aromatic rings. The number of H-pyrrole nitrogens is 2. The first-order valence-electron chi connectivity index (χ1n) is 11.6. The van der Waals surface area contributed by atoms with Gasteiger partial charge in [0, 0.05) is 53.6 Å². The monoisotopic (exact) mass is 462 g/mol. The van der Waals surface area contributed by atoms with Gasteiger partial charge in [-0.05, 0) is 60.4 Å². The summed E-state index contributed by atoms with van der Waals surface area (Å²) in [6.07, 6.45) is 6.58. The van der Waals surface area contributed by atoms with Crippen molar-refractivity contribution in [2.75, 3.05) is 6.54 Å². The molecule has 2 amide bonds. The van der Waals surface area contributed by atoms with Crippen molar-refractivity contribution in [2.45, 2.75) is 45.1 Å². The predicted molar refractivity (Wildman–Crippen MR) is 132 cm³/mol. The third kappa shape index (κ3) is 5.33. The Kier molecular flexibility index (Phi) is 7.06. The second-order valence-electron chi connectivity index (χ2n) is 8.56.